The Kier molecular flexibility index (Phi) is 4.36. The van der Waals surface area contributed by atoms with Gasteiger partial charge in [-0.05, 0) is 22.6 Å². The third kappa shape index (κ3) is 3.56. The minimum Gasteiger partial charge on any atom is -0.398 e. The molecule has 0 aliphatic rings. The van der Waals surface area contributed by atoms with Crippen molar-refractivity contribution >= 4 is 39.9 Å². The molecule has 5 nitrogen and oxygen atoms in total. The van der Waals surface area contributed by atoms with Gasteiger partial charge in [0, 0.05) is 11.8 Å². The third-order valence-corrected chi connectivity index (χ3v) is 2.66. The fraction of sp³-hybridized carbons (Fsp3) is 0.286. The number of hydrogen-bond acceptors (Lipinski definition) is 4. The summed E-state index contributed by atoms with van der Waals surface area (Å²) < 4.78 is 39.8. The molecule has 0 atom stereocenters. The summed E-state index contributed by atoms with van der Waals surface area (Å²) in [5.41, 5.74) is -1.04. The molecular weight excluding hydrogens is 379 g/mol. The lowest BCUT2D eigenvalue weighted by Crippen LogP contribution is -2.19. The van der Waals surface area contributed by atoms with E-state index in [0.29, 0.717) is 0 Å². The third-order valence-electron chi connectivity index (χ3n) is 1.58. The molecule has 0 unspecified atom stereocenters. The van der Waals surface area contributed by atoms with Crippen molar-refractivity contribution in [3.05, 3.63) is 25.6 Å². The van der Waals surface area contributed by atoms with Gasteiger partial charge in [-0.15, -0.1) is 24.8 Å². The molecule has 0 saturated carbocycles. The van der Waals surface area contributed by atoms with Crippen molar-refractivity contribution in [1.82, 2.24) is 4.98 Å². The summed E-state index contributed by atoms with van der Waals surface area (Å²) in [6, 6.07) is 0. The Bertz CT molecular complexity index is 455. The molecule has 1 rings (SSSR count). The molecule has 0 spiro atoms. The highest BCUT2D eigenvalue weighted by Gasteiger charge is 2.37. The zero-order valence-electron chi connectivity index (χ0n) is 7.79. The number of ether oxygens (including phenoxy) is 1. The van der Waals surface area contributed by atoms with E-state index in [2.05, 4.69) is 9.72 Å². The first-order valence-electron chi connectivity index (χ1n) is 3.89. The SMILES string of the molecule is O=[N+]([O-])c1c(I)ncc(CCl)c1OC(F)(F)F. The van der Waals surface area contributed by atoms with E-state index in [4.69, 9.17) is 11.6 Å². The molecule has 0 fully saturated rings. The number of pyridine rings is 1. The van der Waals surface area contributed by atoms with Crippen LogP contribution in [-0.4, -0.2) is 16.3 Å². The van der Waals surface area contributed by atoms with Crippen molar-refractivity contribution in [2.24, 2.45) is 0 Å². The summed E-state index contributed by atoms with van der Waals surface area (Å²) >= 11 is 6.82. The molecule has 0 aliphatic heterocycles. The maximum Gasteiger partial charge on any atom is 0.573 e. The van der Waals surface area contributed by atoms with Crippen LogP contribution in [0.5, 0.6) is 5.75 Å². The maximum atomic E-state index is 12.1. The lowest BCUT2D eigenvalue weighted by atomic mass is 10.2. The Morgan fingerprint density at radius 1 is 1.59 bits per heavy atom. The first kappa shape index (κ1) is 14.2. The van der Waals surface area contributed by atoms with Crippen molar-refractivity contribution < 1.29 is 22.8 Å². The molecular formula is C7H3ClF3IN2O3. The fourth-order valence-corrected chi connectivity index (χ4v) is 1.75. The normalized spacial score (nSPS) is 11.4. The molecule has 0 aromatic carbocycles. The number of rotatable bonds is 3. The highest BCUT2D eigenvalue weighted by Crippen LogP contribution is 2.38. The number of nitrogens with zero attached hydrogens (tertiary/aromatic N) is 2. The van der Waals surface area contributed by atoms with E-state index >= 15 is 0 Å². The van der Waals surface area contributed by atoms with Gasteiger partial charge in [0.2, 0.25) is 5.75 Å². The lowest BCUT2D eigenvalue weighted by molar-refractivity contribution is -0.390. The van der Waals surface area contributed by atoms with E-state index in [-0.39, 0.29) is 15.1 Å². The first-order chi connectivity index (χ1) is 7.76. The van der Waals surface area contributed by atoms with Gasteiger partial charge in [0.05, 0.1) is 10.8 Å². The number of hydrogen-bond donors (Lipinski definition) is 0. The molecule has 17 heavy (non-hydrogen) atoms. The zero-order valence-corrected chi connectivity index (χ0v) is 10.7. The molecule has 0 aliphatic carbocycles. The Labute approximate surface area is 111 Å². The Balaban J connectivity index is 3.40. The molecule has 94 valence electrons. The van der Waals surface area contributed by atoms with E-state index in [0.717, 1.165) is 6.20 Å². The van der Waals surface area contributed by atoms with E-state index in [1.165, 1.54) is 22.6 Å². The summed E-state index contributed by atoms with van der Waals surface area (Å²) in [6.45, 7) is 0. The zero-order chi connectivity index (χ0) is 13.2. The lowest BCUT2D eigenvalue weighted by Gasteiger charge is -2.12. The second-order valence-corrected chi connectivity index (χ2v) is 3.98. The number of halogens is 5. The molecule has 0 amide bonds. The van der Waals surface area contributed by atoms with Crippen LogP contribution in [-0.2, 0) is 5.88 Å². The smallest absolute Gasteiger partial charge is 0.398 e. The van der Waals surface area contributed by atoms with Gasteiger partial charge in [-0.1, -0.05) is 0 Å². The molecule has 0 bridgehead atoms. The van der Waals surface area contributed by atoms with Crippen LogP contribution in [0.25, 0.3) is 0 Å². The van der Waals surface area contributed by atoms with Gasteiger partial charge in [-0.2, -0.15) is 0 Å². The second kappa shape index (κ2) is 5.21. The Morgan fingerprint density at radius 2 is 2.18 bits per heavy atom. The molecule has 10 heteroatoms. The van der Waals surface area contributed by atoms with Gasteiger partial charge in [0.15, 0.2) is 3.70 Å². The van der Waals surface area contributed by atoms with Gasteiger partial charge in [0.1, 0.15) is 0 Å². The van der Waals surface area contributed by atoms with Gasteiger partial charge >= 0.3 is 12.0 Å². The van der Waals surface area contributed by atoms with Crippen LogP contribution in [0, 0.1) is 13.8 Å². The van der Waals surface area contributed by atoms with Crippen LogP contribution < -0.4 is 4.74 Å². The minimum absolute atomic E-state index is 0.198. The van der Waals surface area contributed by atoms with Crippen LogP contribution in [0.3, 0.4) is 0 Å². The molecule has 1 heterocycles. The highest BCUT2D eigenvalue weighted by atomic mass is 127. The van der Waals surface area contributed by atoms with Crippen LogP contribution in [0.1, 0.15) is 5.56 Å². The van der Waals surface area contributed by atoms with Crippen LogP contribution in [0.15, 0.2) is 6.20 Å². The van der Waals surface area contributed by atoms with Crippen LogP contribution >= 0.6 is 34.2 Å². The van der Waals surface area contributed by atoms with Gasteiger partial charge in [0.25, 0.3) is 0 Å². The topological polar surface area (TPSA) is 65.3 Å². The average molecular weight is 382 g/mol. The van der Waals surface area contributed by atoms with E-state index < -0.39 is 22.7 Å². The number of alkyl halides is 4. The van der Waals surface area contributed by atoms with Crippen LogP contribution in [0.2, 0.25) is 0 Å². The van der Waals surface area contributed by atoms with Crippen molar-refractivity contribution in [3.8, 4) is 5.75 Å². The molecule has 1 aromatic rings. The predicted octanol–water partition coefficient (Wildman–Crippen LogP) is 3.23. The van der Waals surface area contributed by atoms with Gasteiger partial charge < -0.3 is 4.74 Å². The van der Waals surface area contributed by atoms with Crippen molar-refractivity contribution in [3.63, 3.8) is 0 Å². The standard InChI is InChI=1S/C7H3ClF3IN2O3/c8-1-3-2-13-6(12)4(14(15)16)5(3)17-7(9,10)11/h2H,1H2. The minimum atomic E-state index is -5.03. The summed E-state index contributed by atoms with van der Waals surface area (Å²) in [5.74, 6) is -1.30. The fourth-order valence-electron chi connectivity index (χ4n) is 0.983. The molecule has 0 N–H and O–H groups in total. The van der Waals surface area contributed by atoms with Crippen molar-refractivity contribution in [1.29, 1.82) is 0 Å². The molecule has 0 radical (unpaired) electrons. The van der Waals surface area contributed by atoms with Crippen LogP contribution in [0.4, 0.5) is 18.9 Å². The van der Waals surface area contributed by atoms with E-state index in [1.807, 2.05) is 0 Å². The number of nitro groups is 1. The number of aromatic nitrogens is 1. The van der Waals surface area contributed by atoms with Crippen molar-refractivity contribution in [2.45, 2.75) is 12.2 Å². The summed E-state index contributed by atoms with van der Waals surface area (Å²) in [6.07, 6.45) is -4.03. The van der Waals surface area contributed by atoms with Gasteiger partial charge in [-0.3, -0.25) is 10.1 Å². The first-order valence-corrected chi connectivity index (χ1v) is 5.51. The molecule has 0 saturated heterocycles. The monoisotopic (exact) mass is 382 g/mol. The van der Waals surface area contributed by atoms with Crippen molar-refractivity contribution in [2.75, 3.05) is 0 Å². The predicted molar refractivity (Wildman–Crippen MR) is 59.8 cm³/mol. The molecule has 1 aromatic heterocycles. The summed E-state index contributed by atoms with van der Waals surface area (Å²) in [4.78, 5) is 13.2. The summed E-state index contributed by atoms with van der Waals surface area (Å²) in [5, 5.41) is 10.7. The van der Waals surface area contributed by atoms with E-state index in [9.17, 15) is 23.3 Å². The second-order valence-electron chi connectivity index (χ2n) is 2.69. The quantitative estimate of drug-likeness (QED) is 0.265. The maximum absolute atomic E-state index is 12.1. The largest absolute Gasteiger partial charge is 0.573 e. The highest BCUT2D eigenvalue weighted by molar-refractivity contribution is 14.1. The van der Waals surface area contributed by atoms with E-state index in [1.54, 1.807) is 0 Å². The summed E-state index contributed by atoms with van der Waals surface area (Å²) in [7, 11) is 0. The van der Waals surface area contributed by atoms with Gasteiger partial charge in [-0.25, -0.2) is 4.98 Å². The Hall–Kier alpha value is -0.840. The average Bonchev–Trinajstić information content (AvgIpc) is 2.15. The Morgan fingerprint density at radius 3 is 2.59 bits per heavy atom.